The van der Waals surface area contributed by atoms with Gasteiger partial charge < -0.3 is 24.8 Å². The Morgan fingerprint density at radius 2 is 1.44 bits per heavy atom. The molecule has 8 nitrogen and oxygen atoms in total. The number of nitrogens with one attached hydrogen (secondary N) is 2. The van der Waals surface area contributed by atoms with Crippen LogP contribution in [0.1, 0.15) is 62.4 Å². The fourth-order valence-electron chi connectivity index (χ4n) is 3.08. The van der Waals surface area contributed by atoms with Gasteiger partial charge in [0.1, 0.15) is 17.1 Å². The van der Waals surface area contributed by atoms with Gasteiger partial charge in [-0.15, -0.1) is 0 Å². The van der Waals surface area contributed by atoms with Crippen molar-refractivity contribution >= 4 is 18.0 Å². The Morgan fingerprint density at radius 3 is 2.03 bits per heavy atom. The summed E-state index contributed by atoms with van der Waals surface area (Å²) in [6, 6.07) is 13.6. The fraction of sp³-hybridized carbons (Fsp3) is 0.423. The number of benzene rings is 2. The molecule has 0 aliphatic heterocycles. The summed E-state index contributed by atoms with van der Waals surface area (Å²) in [4.78, 5) is 36.7. The van der Waals surface area contributed by atoms with E-state index in [2.05, 4.69) is 10.6 Å². The molecule has 0 radical (unpaired) electrons. The normalized spacial score (nSPS) is 10.8. The van der Waals surface area contributed by atoms with E-state index in [9.17, 15) is 14.4 Å². The van der Waals surface area contributed by atoms with Gasteiger partial charge in [-0.1, -0.05) is 43.2 Å². The standard InChI is InChI=1S/C26H34N2O6/c1-26(2,3)34-25(31)28-17-11-6-5-10-16-27-24(30)33-22-18-20(32-4)14-15-21(22)23(29)19-12-8-7-9-13-19/h7-9,12-15,18H,5-6,10-11,16-17H2,1-4H3,(H,27,30)(H,28,31). The maximum Gasteiger partial charge on any atom is 0.412 e. The van der Waals surface area contributed by atoms with Crippen molar-refractivity contribution in [1.29, 1.82) is 0 Å². The molecular weight excluding hydrogens is 436 g/mol. The lowest BCUT2D eigenvalue weighted by Crippen LogP contribution is -2.33. The van der Waals surface area contributed by atoms with E-state index in [1.807, 2.05) is 26.8 Å². The molecule has 2 amide bonds. The number of unbranched alkanes of at least 4 members (excludes halogenated alkanes) is 3. The van der Waals surface area contributed by atoms with Gasteiger partial charge in [-0.2, -0.15) is 0 Å². The lowest BCUT2D eigenvalue weighted by Gasteiger charge is -2.19. The second kappa shape index (κ2) is 13.2. The molecule has 0 spiro atoms. The number of carbonyl (C=O) groups is 3. The number of hydrogen-bond donors (Lipinski definition) is 2. The quantitative estimate of drug-likeness (QED) is 0.350. The van der Waals surface area contributed by atoms with E-state index in [-0.39, 0.29) is 17.1 Å². The summed E-state index contributed by atoms with van der Waals surface area (Å²) in [5, 5.41) is 5.43. The SMILES string of the molecule is COc1ccc(C(=O)c2ccccc2)c(OC(=O)NCCCCCCNC(=O)OC(C)(C)C)c1. The molecule has 2 aromatic rings. The Labute approximate surface area is 201 Å². The summed E-state index contributed by atoms with van der Waals surface area (Å²) >= 11 is 0. The van der Waals surface area contributed by atoms with Gasteiger partial charge in [0.25, 0.3) is 0 Å². The van der Waals surface area contributed by atoms with E-state index in [1.165, 1.54) is 13.2 Å². The van der Waals surface area contributed by atoms with Gasteiger partial charge in [-0.25, -0.2) is 9.59 Å². The summed E-state index contributed by atoms with van der Waals surface area (Å²) in [7, 11) is 1.50. The molecule has 0 heterocycles. The number of hydrogen-bond acceptors (Lipinski definition) is 6. The predicted octanol–water partition coefficient (Wildman–Crippen LogP) is 5.10. The van der Waals surface area contributed by atoms with Crippen LogP contribution in [-0.4, -0.2) is 43.8 Å². The van der Waals surface area contributed by atoms with Crippen molar-refractivity contribution < 1.29 is 28.6 Å². The highest BCUT2D eigenvalue weighted by Crippen LogP contribution is 2.27. The summed E-state index contributed by atoms with van der Waals surface area (Å²) in [6.45, 7) is 6.44. The maximum absolute atomic E-state index is 12.9. The highest BCUT2D eigenvalue weighted by atomic mass is 16.6. The van der Waals surface area contributed by atoms with Crippen LogP contribution in [0, 0.1) is 0 Å². The third kappa shape index (κ3) is 9.52. The van der Waals surface area contributed by atoms with Crippen molar-refractivity contribution in [1.82, 2.24) is 10.6 Å². The maximum atomic E-state index is 12.9. The number of alkyl carbamates (subject to hydrolysis) is 1. The molecule has 0 fully saturated rings. The molecule has 0 atom stereocenters. The fourth-order valence-corrected chi connectivity index (χ4v) is 3.08. The third-order valence-corrected chi connectivity index (χ3v) is 4.71. The minimum atomic E-state index is -0.637. The third-order valence-electron chi connectivity index (χ3n) is 4.71. The molecule has 0 saturated carbocycles. The smallest absolute Gasteiger partial charge is 0.412 e. The Kier molecular flexibility index (Phi) is 10.4. The highest BCUT2D eigenvalue weighted by Gasteiger charge is 2.18. The van der Waals surface area contributed by atoms with Crippen molar-refractivity contribution in [2.75, 3.05) is 20.2 Å². The molecule has 0 aliphatic rings. The Hall–Kier alpha value is -3.55. The Balaban J connectivity index is 1.75. The first-order valence-electron chi connectivity index (χ1n) is 11.4. The van der Waals surface area contributed by atoms with E-state index in [1.54, 1.807) is 36.4 Å². The minimum Gasteiger partial charge on any atom is -0.497 e. The summed E-state index contributed by atoms with van der Waals surface area (Å²) in [5.41, 5.74) is 0.268. The van der Waals surface area contributed by atoms with Crippen molar-refractivity contribution in [3.8, 4) is 11.5 Å². The van der Waals surface area contributed by atoms with Gasteiger partial charge in [-0.05, 0) is 45.7 Å². The van der Waals surface area contributed by atoms with Gasteiger partial charge in [0.15, 0.2) is 5.78 Å². The zero-order valence-electron chi connectivity index (χ0n) is 20.3. The second-order valence-electron chi connectivity index (χ2n) is 8.72. The highest BCUT2D eigenvalue weighted by molar-refractivity contribution is 6.11. The second-order valence-corrected chi connectivity index (χ2v) is 8.72. The van der Waals surface area contributed by atoms with Gasteiger partial charge in [-0.3, -0.25) is 4.79 Å². The van der Waals surface area contributed by atoms with Crippen LogP contribution in [0.3, 0.4) is 0 Å². The number of methoxy groups -OCH3 is 1. The first-order chi connectivity index (χ1) is 16.2. The molecule has 2 aromatic carbocycles. The van der Waals surface area contributed by atoms with E-state index in [0.29, 0.717) is 24.4 Å². The van der Waals surface area contributed by atoms with E-state index >= 15 is 0 Å². The van der Waals surface area contributed by atoms with Crippen LogP contribution in [0.4, 0.5) is 9.59 Å². The molecule has 2 N–H and O–H groups in total. The van der Waals surface area contributed by atoms with Gasteiger partial charge in [0.2, 0.25) is 0 Å². The number of ether oxygens (including phenoxy) is 3. The van der Waals surface area contributed by atoms with Crippen molar-refractivity contribution in [3.05, 3.63) is 59.7 Å². The first kappa shape index (κ1) is 26.7. The molecule has 0 aliphatic carbocycles. The van der Waals surface area contributed by atoms with Crippen LogP contribution in [0.2, 0.25) is 0 Å². The lowest BCUT2D eigenvalue weighted by molar-refractivity contribution is 0.0526. The largest absolute Gasteiger partial charge is 0.497 e. The average Bonchev–Trinajstić information content (AvgIpc) is 2.79. The van der Waals surface area contributed by atoms with Crippen LogP contribution in [0.25, 0.3) is 0 Å². The summed E-state index contributed by atoms with van der Waals surface area (Å²) in [5.74, 6) is 0.373. The first-order valence-corrected chi connectivity index (χ1v) is 11.4. The predicted molar refractivity (Wildman–Crippen MR) is 130 cm³/mol. The molecule has 0 unspecified atom stereocenters. The topological polar surface area (TPSA) is 103 Å². The average molecular weight is 471 g/mol. The molecule has 2 rings (SSSR count). The molecule has 0 aromatic heterocycles. The summed E-state index contributed by atoms with van der Waals surface area (Å²) in [6.07, 6.45) is 2.31. The minimum absolute atomic E-state index is 0.138. The summed E-state index contributed by atoms with van der Waals surface area (Å²) < 4.78 is 15.8. The van der Waals surface area contributed by atoms with Crippen molar-refractivity contribution in [2.45, 2.75) is 52.1 Å². The number of ketones is 1. The molecule has 184 valence electrons. The Bertz CT molecular complexity index is 954. The van der Waals surface area contributed by atoms with Gasteiger partial charge >= 0.3 is 12.2 Å². The number of rotatable bonds is 11. The molecule has 0 saturated heterocycles. The van der Waals surface area contributed by atoms with Crippen LogP contribution in [0.5, 0.6) is 11.5 Å². The van der Waals surface area contributed by atoms with E-state index in [4.69, 9.17) is 14.2 Å². The zero-order valence-corrected chi connectivity index (χ0v) is 20.3. The molecule has 8 heteroatoms. The van der Waals surface area contributed by atoms with Crippen LogP contribution >= 0.6 is 0 Å². The lowest BCUT2D eigenvalue weighted by atomic mass is 10.0. The van der Waals surface area contributed by atoms with E-state index in [0.717, 1.165) is 25.7 Å². The Morgan fingerprint density at radius 1 is 0.824 bits per heavy atom. The van der Waals surface area contributed by atoms with Crippen molar-refractivity contribution in [2.24, 2.45) is 0 Å². The van der Waals surface area contributed by atoms with Crippen molar-refractivity contribution in [3.63, 3.8) is 0 Å². The number of carbonyl (C=O) groups excluding carboxylic acids is 3. The molecule has 34 heavy (non-hydrogen) atoms. The van der Waals surface area contributed by atoms with Crippen LogP contribution < -0.4 is 20.1 Å². The van der Waals surface area contributed by atoms with Gasteiger partial charge in [0, 0.05) is 24.7 Å². The van der Waals surface area contributed by atoms with Crippen LogP contribution in [-0.2, 0) is 4.74 Å². The van der Waals surface area contributed by atoms with Crippen LogP contribution in [0.15, 0.2) is 48.5 Å². The molecular formula is C26H34N2O6. The monoisotopic (exact) mass is 470 g/mol. The van der Waals surface area contributed by atoms with E-state index < -0.39 is 17.8 Å². The zero-order chi connectivity index (χ0) is 25.0. The molecule has 0 bridgehead atoms. The number of amides is 2. The van der Waals surface area contributed by atoms with Gasteiger partial charge in [0.05, 0.1) is 12.7 Å².